The van der Waals surface area contributed by atoms with Gasteiger partial charge in [-0.2, -0.15) is 11.3 Å². The third-order valence-corrected chi connectivity index (χ3v) is 6.67. The lowest BCUT2D eigenvalue weighted by molar-refractivity contribution is 0.122. The number of sulfone groups is 1. The van der Waals surface area contributed by atoms with Crippen LogP contribution in [0.3, 0.4) is 0 Å². The van der Waals surface area contributed by atoms with Crippen LogP contribution in [0.2, 0.25) is 0 Å². The molecule has 3 heterocycles. The van der Waals surface area contributed by atoms with Gasteiger partial charge in [-0.25, -0.2) is 18.4 Å². The highest BCUT2D eigenvalue weighted by atomic mass is 32.2. The molecule has 0 saturated carbocycles. The smallest absolute Gasteiger partial charge is 0.184 e. The van der Waals surface area contributed by atoms with E-state index in [0.717, 1.165) is 24.5 Å². The van der Waals surface area contributed by atoms with Crippen molar-refractivity contribution in [1.82, 2.24) is 9.97 Å². The molecule has 0 unspecified atom stereocenters. The van der Waals surface area contributed by atoms with Gasteiger partial charge in [-0.1, -0.05) is 18.2 Å². The van der Waals surface area contributed by atoms with Gasteiger partial charge in [0.25, 0.3) is 0 Å². The van der Waals surface area contributed by atoms with E-state index in [1.165, 1.54) is 0 Å². The summed E-state index contributed by atoms with van der Waals surface area (Å²) in [5.74, 6) is 1.14. The molecule has 0 aliphatic carbocycles. The van der Waals surface area contributed by atoms with E-state index in [1.54, 1.807) is 47.7 Å². The molecular formula is C19H19N3O3S2. The Bertz CT molecular complexity index is 1000. The van der Waals surface area contributed by atoms with Gasteiger partial charge in [0.2, 0.25) is 0 Å². The number of rotatable bonds is 5. The molecule has 0 radical (unpaired) electrons. The molecule has 2 aromatic heterocycles. The van der Waals surface area contributed by atoms with Gasteiger partial charge < -0.3 is 9.64 Å². The van der Waals surface area contributed by atoms with Crippen LogP contribution in [0, 0.1) is 0 Å². The average Bonchev–Trinajstić information content (AvgIpc) is 3.24. The monoisotopic (exact) mass is 401 g/mol. The summed E-state index contributed by atoms with van der Waals surface area (Å²) in [6, 6.07) is 12.2. The molecular weight excluding hydrogens is 382 g/mol. The number of ether oxygens (including phenoxy) is 1. The Morgan fingerprint density at radius 2 is 1.85 bits per heavy atom. The van der Waals surface area contributed by atoms with Crippen LogP contribution in [0.4, 0.5) is 5.82 Å². The topological polar surface area (TPSA) is 72.4 Å². The van der Waals surface area contributed by atoms with Crippen molar-refractivity contribution in [2.24, 2.45) is 0 Å². The van der Waals surface area contributed by atoms with E-state index in [2.05, 4.69) is 14.9 Å². The number of thiophene rings is 1. The van der Waals surface area contributed by atoms with Crippen molar-refractivity contribution in [3.63, 3.8) is 0 Å². The summed E-state index contributed by atoms with van der Waals surface area (Å²) in [5.41, 5.74) is 1.39. The van der Waals surface area contributed by atoms with Crippen LogP contribution < -0.4 is 4.90 Å². The summed E-state index contributed by atoms with van der Waals surface area (Å²) in [7, 11) is -3.48. The molecule has 4 rings (SSSR count). The summed E-state index contributed by atoms with van der Waals surface area (Å²) in [6.45, 7) is 2.72. The molecule has 1 saturated heterocycles. The van der Waals surface area contributed by atoms with E-state index < -0.39 is 9.84 Å². The first-order valence-electron chi connectivity index (χ1n) is 8.63. The normalized spacial score (nSPS) is 15.0. The SMILES string of the molecule is O=S(=O)(Cc1cc(N2CCOCC2)nc(-c2ccsc2)n1)c1ccccc1. The molecule has 1 aromatic carbocycles. The molecule has 0 N–H and O–H groups in total. The number of hydrogen-bond acceptors (Lipinski definition) is 7. The van der Waals surface area contributed by atoms with Gasteiger partial charge in [-0.05, 0) is 23.6 Å². The van der Waals surface area contributed by atoms with Crippen molar-refractivity contribution in [3.8, 4) is 11.4 Å². The molecule has 0 atom stereocenters. The fraction of sp³-hybridized carbons (Fsp3) is 0.263. The fourth-order valence-corrected chi connectivity index (χ4v) is 4.85. The number of hydrogen-bond donors (Lipinski definition) is 0. The molecule has 6 nitrogen and oxygen atoms in total. The number of nitrogens with zero attached hydrogens (tertiary/aromatic N) is 3. The predicted octanol–water partition coefficient (Wildman–Crippen LogP) is 3.02. The van der Waals surface area contributed by atoms with Gasteiger partial charge in [0.05, 0.1) is 29.6 Å². The Balaban J connectivity index is 1.72. The number of anilines is 1. The highest BCUT2D eigenvalue weighted by Crippen LogP contribution is 2.25. The second-order valence-electron chi connectivity index (χ2n) is 6.22. The fourth-order valence-electron chi connectivity index (χ4n) is 2.94. The first-order chi connectivity index (χ1) is 13.1. The lowest BCUT2D eigenvalue weighted by Crippen LogP contribution is -2.37. The van der Waals surface area contributed by atoms with Gasteiger partial charge in [-0.15, -0.1) is 0 Å². The average molecular weight is 402 g/mol. The van der Waals surface area contributed by atoms with Crippen LogP contribution in [0.15, 0.2) is 58.1 Å². The molecule has 140 valence electrons. The standard InChI is InChI=1S/C19H19N3O3S2/c23-27(24,17-4-2-1-3-5-17)14-16-12-18(22-7-9-25-10-8-22)21-19(20-16)15-6-11-26-13-15/h1-6,11-13H,7-10,14H2. The van der Waals surface area contributed by atoms with E-state index in [1.807, 2.05) is 16.8 Å². The Hall–Kier alpha value is -2.29. The second-order valence-corrected chi connectivity index (χ2v) is 8.99. The van der Waals surface area contributed by atoms with Gasteiger partial charge in [0.1, 0.15) is 5.82 Å². The highest BCUT2D eigenvalue weighted by Gasteiger charge is 2.20. The largest absolute Gasteiger partial charge is 0.378 e. The molecule has 3 aromatic rings. The van der Waals surface area contributed by atoms with Gasteiger partial charge >= 0.3 is 0 Å². The lowest BCUT2D eigenvalue weighted by atomic mass is 10.3. The van der Waals surface area contributed by atoms with E-state index in [9.17, 15) is 8.42 Å². The second kappa shape index (κ2) is 7.75. The summed E-state index contributed by atoms with van der Waals surface area (Å²) in [5, 5.41) is 3.92. The van der Waals surface area contributed by atoms with Crippen molar-refractivity contribution >= 4 is 27.0 Å². The zero-order chi connectivity index (χ0) is 18.7. The molecule has 0 spiro atoms. The lowest BCUT2D eigenvalue weighted by Gasteiger charge is -2.28. The third kappa shape index (κ3) is 4.18. The van der Waals surface area contributed by atoms with Crippen molar-refractivity contribution < 1.29 is 13.2 Å². The minimum absolute atomic E-state index is 0.159. The molecule has 1 aliphatic heterocycles. The van der Waals surface area contributed by atoms with Crippen LogP contribution >= 0.6 is 11.3 Å². The van der Waals surface area contributed by atoms with Crippen LogP contribution in [0.1, 0.15) is 5.69 Å². The molecule has 1 aliphatic rings. The maximum absolute atomic E-state index is 12.8. The Labute approximate surface area is 162 Å². The predicted molar refractivity (Wildman–Crippen MR) is 106 cm³/mol. The Morgan fingerprint density at radius 3 is 2.56 bits per heavy atom. The summed E-state index contributed by atoms with van der Waals surface area (Å²) in [4.78, 5) is 11.6. The van der Waals surface area contributed by atoms with E-state index in [-0.39, 0.29) is 5.75 Å². The van der Waals surface area contributed by atoms with Crippen LogP contribution in [0.5, 0.6) is 0 Å². The van der Waals surface area contributed by atoms with Gasteiger partial charge in [-0.3, -0.25) is 0 Å². The van der Waals surface area contributed by atoms with Crippen molar-refractivity contribution in [2.45, 2.75) is 10.6 Å². The maximum atomic E-state index is 12.8. The maximum Gasteiger partial charge on any atom is 0.184 e. The van der Waals surface area contributed by atoms with Gasteiger partial charge in [0.15, 0.2) is 15.7 Å². The first kappa shape index (κ1) is 18.1. The van der Waals surface area contributed by atoms with Crippen LogP contribution in [0.25, 0.3) is 11.4 Å². The van der Waals surface area contributed by atoms with Crippen LogP contribution in [-0.4, -0.2) is 44.7 Å². The molecule has 1 fully saturated rings. The summed E-state index contributed by atoms with van der Waals surface area (Å²) >= 11 is 1.56. The quantitative estimate of drug-likeness (QED) is 0.654. The zero-order valence-electron chi connectivity index (χ0n) is 14.6. The van der Waals surface area contributed by atoms with E-state index >= 15 is 0 Å². The van der Waals surface area contributed by atoms with E-state index in [0.29, 0.717) is 29.6 Å². The third-order valence-electron chi connectivity index (χ3n) is 4.32. The van der Waals surface area contributed by atoms with Crippen molar-refractivity contribution in [2.75, 3.05) is 31.2 Å². The minimum atomic E-state index is -3.48. The molecule has 0 bridgehead atoms. The zero-order valence-corrected chi connectivity index (χ0v) is 16.2. The molecule has 8 heteroatoms. The molecule has 27 heavy (non-hydrogen) atoms. The Kier molecular flexibility index (Phi) is 5.20. The molecule has 0 amide bonds. The number of benzene rings is 1. The Morgan fingerprint density at radius 1 is 1.07 bits per heavy atom. The van der Waals surface area contributed by atoms with Gasteiger partial charge in [0, 0.05) is 30.1 Å². The van der Waals surface area contributed by atoms with Crippen molar-refractivity contribution in [3.05, 3.63) is 58.9 Å². The summed E-state index contributed by atoms with van der Waals surface area (Å²) in [6.07, 6.45) is 0. The van der Waals surface area contributed by atoms with Crippen molar-refractivity contribution in [1.29, 1.82) is 0 Å². The highest BCUT2D eigenvalue weighted by molar-refractivity contribution is 7.90. The summed E-state index contributed by atoms with van der Waals surface area (Å²) < 4.78 is 31.0. The van der Waals surface area contributed by atoms with Crippen LogP contribution in [-0.2, 0) is 20.3 Å². The number of aromatic nitrogens is 2. The first-order valence-corrected chi connectivity index (χ1v) is 11.2. The number of morpholine rings is 1. The minimum Gasteiger partial charge on any atom is -0.378 e. The van der Waals surface area contributed by atoms with E-state index in [4.69, 9.17) is 4.74 Å².